The standard InChI is InChI=1S/C10H7BrO3/c11-10-7(5-9(12)13)6-3-1-2-4-8(6)14-10/h1-4H,5H2,(H,12,13). The lowest BCUT2D eigenvalue weighted by molar-refractivity contribution is -0.136. The van der Waals surface area contributed by atoms with Gasteiger partial charge in [-0.2, -0.15) is 0 Å². The third-order valence-corrected chi connectivity index (χ3v) is 2.62. The largest absolute Gasteiger partial charge is 0.481 e. The number of hydrogen-bond donors (Lipinski definition) is 1. The number of carboxylic acid groups (broad SMARTS) is 1. The molecule has 0 unspecified atom stereocenters. The van der Waals surface area contributed by atoms with Crippen LogP contribution in [0.25, 0.3) is 11.0 Å². The topological polar surface area (TPSA) is 50.4 Å². The average Bonchev–Trinajstić information content (AvgIpc) is 2.43. The second-order valence-corrected chi connectivity index (χ2v) is 3.64. The first-order chi connectivity index (χ1) is 6.68. The number of hydrogen-bond acceptors (Lipinski definition) is 2. The van der Waals surface area contributed by atoms with Crippen molar-refractivity contribution in [2.45, 2.75) is 6.42 Å². The van der Waals surface area contributed by atoms with E-state index in [1.165, 1.54) is 0 Å². The fourth-order valence-electron chi connectivity index (χ4n) is 1.38. The van der Waals surface area contributed by atoms with Crippen molar-refractivity contribution in [3.05, 3.63) is 34.5 Å². The van der Waals surface area contributed by atoms with Crippen molar-refractivity contribution in [3.8, 4) is 0 Å². The van der Waals surface area contributed by atoms with E-state index in [-0.39, 0.29) is 6.42 Å². The van der Waals surface area contributed by atoms with Crippen LogP contribution in [0.1, 0.15) is 5.56 Å². The quantitative estimate of drug-likeness (QED) is 0.897. The minimum atomic E-state index is -0.864. The molecule has 0 spiro atoms. The molecule has 1 aromatic carbocycles. The second-order valence-electron chi connectivity index (χ2n) is 2.92. The van der Waals surface area contributed by atoms with Crippen LogP contribution in [0, 0.1) is 0 Å². The van der Waals surface area contributed by atoms with Crippen molar-refractivity contribution in [1.82, 2.24) is 0 Å². The van der Waals surface area contributed by atoms with Crippen LogP contribution < -0.4 is 0 Å². The fraction of sp³-hybridized carbons (Fsp3) is 0.100. The van der Waals surface area contributed by atoms with Gasteiger partial charge in [-0.05, 0) is 22.0 Å². The first kappa shape index (κ1) is 9.27. The average molecular weight is 255 g/mol. The summed E-state index contributed by atoms with van der Waals surface area (Å²) in [4.78, 5) is 10.6. The van der Waals surface area contributed by atoms with Gasteiger partial charge in [0.2, 0.25) is 0 Å². The molecule has 2 aromatic rings. The summed E-state index contributed by atoms with van der Waals surface area (Å²) in [6, 6.07) is 7.37. The van der Waals surface area contributed by atoms with Crippen LogP contribution >= 0.6 is 15.9 Å². The Morgan fingerprint density at radius 2 is 2.14 bits per heavy atom. The zero-order chi connectivity index (χ0) is 10.1. The fourth-order valence-corrected chi connectivity index (χ4v) is 1.91. The Labute approximate surface area is 88.5 Å². The minimum absolute atomic E-state index is 0.0302. The number of benzene rings is 1. The Morgan fingerprint density at radius 3 is 2.86 bits per heavy atom. The van der Waals surface area contributed by atoms with E-state index in [2.05, 4.69) is 15.9 Å². The van der Waals surface area contributed by atoms with Crippen molar-refractivity contribution < 1.29 is 14.3 Å². The number of carboxylic acids is 1. The van der Waals surface area contributed by atoms with Gasteiger partial charge in [0.05, 0.1) is 6.42 Å². The van der Waals surface area contributed by atoms with E-state index >= 15 is 0 Å². The minimum Gasteiger partial charge on any atom is -0.481 e. The van der Waals surface area contributed by atoms with E-state index in [0.29, 0.717) is 15.8 Å². The van der Waals surface area contributed by atoms with E-state index < -0.39 is 5.97 Å². The highest BCUT2D eigenvalue weighted by molar-refractivity contribution is 9.10. The summed E-state index contributed by atoms with van der Waals surface area (Å²) in [6.07, 6.45) is -0.0302. The lowest BCUT2D eigenvalue weighted by Crippen LogP contribution is -1.99. The summed E-state index contributed by atoms with van der Waals surface area (Å²) < 4.78 is 5.85. The molecule has 72 valence electrons. The SMILES string of the molecule is O=C(O)Cc1c(Br)oc2ccccc12. The summed E-state index contributed by atoms with van der Waals surface area (Å²) in [5.41, 5.74) is 1.39. The highest BCUT2D eigenvalue weighted by atomic mass is 79.9. The summed E-state index contributed by atoms with van der Waals surface area (Å²) in [5, 5.41) is 9.56. The second kappa shape index (κ2) is 3.46. The lowest BCUT2D eigenvalue weighted by Gasteiger charge is -1.92. The Morgan fingerprint density at radius 1 is 1.43 bits per heavy atom. The maximum Gasteiger partial charge on any atom is 0.308 e. The molecule has 14 heavy (non-hydrogen) atoms. The Bertz CT molecular complexity index is 487. The first-order valence-electron chi connectivity index (χ1n) is 4.06. The Kier molecular flexibility index (Phi) is 2.29. The zero-order valence-corrected chi connectivity index (χ0v) is 8.74. The molecule has 0 bridgehead atoms. The molecular formula is C10H7BrO3. The molecule has 0 radical (unpaired) electrons. The van der Waals surface area contributed by atoms with E-state index in [4.69, 9.17) is 9.52 Å². The van der Waals surface area contributed by atoms with Crippen molar-refractivity contribution in [2.24, 2.45) is 0 Å². The van der Waals surface area contributed by atoms with Gasteiger partial charge < -0.3 is 9.52 Å². The number of halogens is 1. The first-order valence-corrected chi connectivity index (χ1v) is 4.85. The van der Waals surface area contributed by atoms with Gasteiger partial charge in [0, 0.05) is 10.9 Å². The number of fused-ring (bicyclic) bond motifs is 1. The maximum absolute atomic E-state index is 10.6. The van der Waals surface area contributed by atoms with Crippen LogP contribution in [-0.2, 0) is 11.2 Å². The van der Waals surface area contributed by atoms with Crippen LogP contribution in [-0.4, -0.2) is 11.1 Å². The molecular weight excluding hydrogens is 248 g/mol. The Balaban J connectivity index is 2.62. The molecule has 0 fully saturated rings. The van der Waals surface area contributed by atoms with E-state index in [1.54, 1.807) is 0 Å². The highest BCUT2D eigenvalue weighted by Crippen LogP contribution is 2.30. The Hall–Kier alpha value is -1.29. The van der Waals surface area contributed by atoms with Gasteiger partial charge in [-0.3, -0.25) is 4.79 Å². The smallest absolute Gasteiger partial charge is 0.308 e. The third-order valence-electron chi connectivity index (χ3n) is 1.98. The predicted molar refractivity (Wildman–Crippen MR) is 55.3 cm³/mol. The molecule has 0 aliphatic rings. The van der Waals surface area contributed by atoms with Gasteiger partial charge in [-0.15, -0.1) is 0 Å². The van der Waals surface area contributed by atoms with Gasteiger partial charge in [-0.25, -0.2) is 0 Å². The summed E-state index contributed by atoms with van der Waals surface area (Å²) >= 11 is 3.21. The third kappa shape index (κ3) is 1.53. The van der Waals surface area contributed by atoms with E-state index in [9.17, 15) is 4.79 Å². The van der Waals surface area contributed by atoms with Gasteiger partial charge in [0.1, 0.15) is 5.58 Å². The zero-order valence-electron chi connectivity index (χ0n) is 7.16. The van der Waals surface area contributed by atoms with Gasteiger partial charge in [-0.1, -0.05) is 18.2 Å². The van der Waals surface area contributed by atoms with Crippen molar-refractivity contribution in [2.75, 3.05) is 0 Å². The van der Waals surface area contributed by atoms with Crippen molar-refractivity contribution in [3.63, 3.8) is 0 Å². The van der Waals surface area contributed by atoms with Crippen molar-refractivity contribution in [1.29, 1.82) is 0 Å². The van der Waals surface area contributed by atoms with E-state index in [1.807, 2.05) is 24.3 Å². The number of furan rings is 1. The molecule has 1 heterocycles. The van der Waals surface area contributed by atoms with Crippen LogP contribution in [0.3, 0.4) is 0 Å². The molecule has 4 heteroatoms. The molecule has 0 amide bonds. The number of aliphatic carboxylic acids is 1. The van der Waals surface area contributed by atoms with Gasteiger partial charge in [0.25, 0.3) is 0 Å². The molecule has 0 saturated heterocycles. The van der Waals surface area contributed by atoms with E-state index in [0.717, 1.165) is 5.39 Å². The predicted octanol–water partition coefficient (Wildman–Crippen LogP) is 2.82. The molecule has 0 saturated carbocycles. The highest BCUT2D eigenvalue weighted by Gasteiger charge is 2.13. The van der Waals surface area contributed by atoms with Crippen LogP contribution in [0.15, 0.2) is 33.4 Å². The molecule has 1 N–H and O–H groups in total. The summed E-state index contributed by atoms with van der Waals surface area (Å²) in [7, 11) is 0. The molecule has 1 aromatic heterocycles. The molecule has 0 aliphatic carbocycles. The number of carbonyl (C=O) groups is 1. The number of rotatable bonds is 2. The van der Waals surface area contributed by atoms with Crippen LogP contribution in [0.5, 0.6) is 0 Å². The monoisotopic (exact) mass is 254 g/mol. The molecule has 2 rings (SSSR count). The summed E-state index contributed by atoms with van der Waals surface area (Å²) in [5.74, 6) is -0.864. The van der Waals surface area contributed by atoms with Gasteiger partial charge >= 0.3 is 5.97 Å². The maximum atomic E-state index is 10.6. The van der Waals surface area contributed by atoms with Crippen LogP contribution in [0.2, 0.25) is 0 Å². The van der Waals surface area contributed by atoms with Crippen LogP contribution in [0.4, 0.5) is 0 Å². The summed E-state index contributed by atoms with van der Waals surface area (Å²) in [6.45, 7) is 0. The lowest BCUT2D eigenvalue weighted by atomic mass is 10.1. The van der Waals surface area contributed by atoms with Gasteiger partial charge in [0.15, 0.2) is 4.67 Å². The number of para-hydroxylation sites is 1. The van der Waals surface area contributed by atoms with Crippen molar-refractivity contribution >= 4 is 32.9 Å². The normalized spacial score (nSPS) is 10.6. The molecule has 3 nitrogen and oxygen atoms in total. The molecule has 0 aliphatic heterocycles. The molecule has 0 atom stereocenters.